The third-order valence-corrected chi connectivity index (χ3v) is 8.17. The Labute approximate surface area is 237 Å². The second kappa shape index (κ2) is 11.5. The van der Waals surface area contributed by atoms with Gasteiger partial charge in [-0.05, 0) is 67.5 Å². The molecule has 0 spiro atoms. The van der Waals surface area contributed by atoms with Crippen LogP contribution >= 0.6 is 23.2 Å². The first-order valence-corrected chi connectivity index (χ1v) is 13.8. The molecular weight excluding hydrogens is 539 g/mol. The molecule has 2 aromatic carbocycles. The van der Waals surface area contributed by atoms with Crippen LogP contribution in [0.2, 0.25) is 10.0 Å². The van der Waals surface area contributed by atoms with Crippen LogP contribution in [0, 0.1) is 13.8 Å². The van der Waals surface area contributed by atoms with Crippen molar-refractivity contribution >= 4 is 35.1 Å². The fraction of sp³-hybridized carbons (Fsp3) is 0.367. The van der Waals surface area contributed by atoms with Gasteiger partial charge in [0, 0.05) is 29.4 Å². The highest BCUT2D eigenvalue weighted by atomic mass is 35.5. The molecule has 0 saturated carbocycles. The molecular formula is C30H30Cl2N2O5. The van der Waals surface area contributed by atoms with Crippen molar-refractivity contribution in [3.05, 3.63) is 91.6 Å². The fourth-order valence-corrected chi connectivity index (χ4v) is 6.12. The van der Waals surface area contributed by atoms with Crippen molar-refractivity contribution in [2.24, 2.45) is 0 Å². The van der Waals surface area contributed by atoms with E-state index in [0.29, 0.717) is 54.6 Å². The number of aromatic nitrogens is 1. The van der Waals surface area contributed by atoms with E-state index >= 15 is 0 Å². The third-order valence-electron chi connectivity index (χ3n) is 7.42. The van der Waals surface area contributed by atoms with Crippen LogP contribution in [0.5, 0.6) is 5.88 Å². The number of amides is 1. The summed E-state index contributed by atoms with van der Waals surface area (Å²) in [6.07, 6.45) is 1.36. The van der Waals surface area contributed by atoms with Crippen molar-refractivity contribution < 1.29 is 24.2 Å². The van der Waals surface area contributed by atoms with Crippen LogP contribution in [0.3, 0.4) is 0 Å². The minimum atomic E-state index is -1.05. The van der Waals surface area contributed by atoms with Gasteiger partial charge in [0.15, 0.2) is 0 Å². The predicted octanol–water partition coefficient (Wildman–Crippen LogP) is 6.13. The summed E-state index contributed by atoms with van der Waals surface area (Å²) >= 11 is 13.4. The lowest BCUT2D eigenvalue weighted by atomic mass is 9.87. The van der Waals surface area contributed by atoms with Crippen molar-refractivity contribution in [3.8, 4) is 5.88 Å². The van der Waals surface area contributed by atoms with Crippen molar-refractivity contribution in [1.82, 2.24) is 9.88 Å². The zero-order valence-corrected chi connectivity index (χ0v) is 23.4. The van der Waals surface area contributed by atoms with Gasteiger partial charge in [0.25, 0.3) is 5.91 Å². The molecule has 9 heteroatoms. The summed E-state index contributed by atoms with van der Waals surface area (Å²) in [6, 6.07) is 13.4. The van der Waals surface area contributed by atoms with E-state index in [1.807, 2.05) is 50.2 Å². The van der Waals surface area contributed by atoms with E-state index in [-0.39, 0.29) is 23.0 Å². The number of hydrogen-bond acceptors (Lipinski definition) is 5. The van der Waals surface area contributed by atoms with Crippen molar-refractivity contribution in [2.45, 2.75) is 58.3 Å². The van der Waals surface area contributed by atoms with E-state index in [0.717, 1.165) is 28.8 Å². The highest BCUT2D eigenvalue weighted by molar-refractivity contribution is 6.37. The van der Waals surface area contributed by atoms with Crippen LogP contribution in [0.15, 0.2) is 42.5 Å². The second-order valence-electron chi connectivity index (χ2n) is 10.1. The van der Waals surface area contributed by atoms with Crippen LogP contribution in [-0.2, 0) is 29.1 Å². The SMILES string of the molecule is Cc1cc(C)c(CN2CCc3c(Cl)cc([C@H](C(=O)O)C4CCCO4)c(Cl)c3C2=O)c(OCc2ccccc2)n1. The highest BCUT2D eigenvalue weighted by Gasteiger charge is 2.38. The first kappa shape index (κ1) is 27.4. The highest BCUT2D eigenvalue weighted by Crippen LogP contribution is 2.41. The summed E-state index contributed by atoms with van der Waals surface area (Å²) < 4.78 is 11.8. The Balaban J connectivity index is 1.46. The maximum absolute atomic E-state index is 13.9. The molecule has 1 amide bonds. The molecule has 0 radical (unpaired) electrons. The summed E-state index contributed by atoms with van der Waals surface area (Å²) in [5.74, 6) is -1.87. The normalized spacial score (nSPS) is 17.7. The average molecular weight is 569 g/mol. The lowest BCUT2D eigenvalue weighted by Crippen LogP contribution is -2.38. The minimum absolute atomic E-state index is 0.131. The standard InChI is InChI=1S/C30H30Cl2N2O5/c1-17-13-18(2)33-28(39-16-19-7-4-3-5-8-19)22(17)15-34-11-10-20-23(31)14-21(27(32)26(20)29(34)35)25(30(36)37)24-9-6-12-38-24/h3-5,7-8,13-14,24-25H,6,9-12,15-16H2,1-2H3,(H,36,37)/t24?,25-/m0/s1. The number of hydrogen-bond donors (Lipinski definition) is 1. The van der Waals surface area contributed by atoms with Gasteiger partial charge in [-0.2, -0.15) is 0 Å². The van der Waals surface area contributed by atoms with Crippen LogP contribution < -0.4 is 4.74 Å². The molecule has 2 aliphatic heterocycles. The molecule has 1 fully saturated rings. The molecule has 7 nitrogen and oxygen atoms in total. The number of carbonyl (C=O) groups is 2. The van der Waals surface area contributed by atoms with Crippen molar-refractivity contribution in [3.63, 3.8) is 0 Å². The quantitative estimate of drug-likeness (QED) is 0.351. The number of fused-ring (bicyclic) bond motifs is 1. The van der Waals surface area contributed by atoms with E-state index < -0.39 is 18.0 Å². The van der Waals surface area contributed by atoms with E-state index in [9.17, 15) is 14.7 Å². The first-order chi connectivity index (χ1) is 18.7. The van der Waals surface area contributed by atoms with Crippen molar-refractivity contribution in [2.75, 3.05) is 13.2 Å². The summed E-state index contributed by atoms with van der Waals surface area (Å²) in [5, 5.41) is 10.5. The van der Waals surface area contributed by atoms with Gasteiger partial charge in [-0.15, -0.1) is 0 Å². The molecule has 3 heterocycles. The number of carboxylic acid groups (broad SMARTS) is 1. The zero-order valence-electron chi connectivity index (χ0n) is 21.9. The number of halogens is 2. The topological polar surface area (TPSA) is 89.0 Å². The van der Waals surface area contributed by atoms with Gasteiger partial charge in [-0.25, -0.2) is 4.98 Å². The van der Waals surface area contributed by atoms with E-state index in [1.165, 1.54) is 0 Å². The van der Waals surface area contributed by atoms with Crippen LogP contribution in [0.25, 0.3) is 0 Å². The lowest BCUT2D eigenvalue weighted by Gasteiger charge is -2.32. The Hall–Kier alpha value is -3.13. The summed E-state index contributed by atoms with van der Waals surface area (Å²) in [7, 11) is 0. The molecule has 39 heavy (non-hydrogen) atoms. The number of rotatable bonds is 8. The number of carbonyl (C=O) groups excluding carboxylic acids is 1. The van der Waals surface area contributed by atoms with E-state index in [1.54, 1.807) is 11.0 Å². The molecule has 1 saturated heterocycles. The van der Waals surface area contributed by atoms with Gasteiger partial charge < -0.3 is 19.5 Å². The van der Waals surface area contributed by atoms with Gasteiger partial charge in [0.2, 0.25) is 5.88 Å². The van der Waals surface area contributed by atoms with Crippen LogP contribution in [-0.4, -0.2) is 46.1 Å². The Bertz CT molecular complexity index is 1410. The maximum atomic E-state index is 13.9. The summed E-state index contributed by atoms with van der Waals surface area (Å²) in [6.45, 7) is 5.43. The third kappa shape index (κ3) is 5.62. The molecule has 0 aliphatic carbocycles. The van der Waals surface area contributed by atoms with Gasteiger partial charge in [-0.3, -0.25) is 9.59 Å². The first-order valence-electron chi connectivity index (χ1n) is 13.0. The van der Waals surface area contributed by atoms with Crippen LogP contribution in [0.4, 0.5) is 0 Å². The summed E-state index contributed by atoms with van der Waals surface area (Å²) in [4.78, 5) is 32.5. The molecule has 0 bridgehead atoms. The van der Waals surface area contributed by atoms with E-state index in [4.69, 9.17) is 32.7 Å². The zero-order chi connectivity index (χ0) is 27.7. The van der Waals surface area contributed by atoms with Gasteiger partial charge in [0.05, 0.1) is 23.2 Å². The Morgan fingerprint density at radius 2 is 2.00 bits per heavy atom. The minimum Gasteiger partial charge on any atom is -0.481 e. The fourth-order valence-electron chi connectivity index (χ4n) is 5.45. The van der Waals surface area contributed by atoms with Gasteiger partial charge in [-0.1, -0.05) is 53.5 Å². The Morgan fingerprint density at radius 1 is 1.23 bits per heavy atom. The predicted molar refractivity (Wildman–Crippen MR) is 149 cm³/mol. The molecule has 204 valence electrons. The second-order valence-corrected chi connectivity index (χ2v) is 10.9. The smallest absolute Gasteiger partial charge is 0.313 e. The Morgan fingerprint density at radius 3 is 2.69 bits per heavy atom. The molecule has 1 aromatic heterocycles. The number of benzene rings is 2. The Kier molecular flexibility index (Phi) is 8.12. The molecule has 5 rings (SSSR count). The average Bonchev–Trinajstić information content (AvgIpc) is 3.43. The van der Waals surface area contributed by atoms with E-state index in [2.05, 4.69) is 4.98 Å². The molecule has 2 aliphatic rings. The molecule has 1 unspecified atom stereocenters. The maximum Gasteiger partial charge on any atom is 0.313 e. The number of pyridine rings is 1. The van der Waals surface area contributed by atoms with Gasteiger partial charge in [0.1, 0.15) is 12.5 Å². The molecule has 1 N–H and O–H groups in total. The molecule has 2 atom stereocenters. The van der Waals surface area contributed by atoms with Gasteiger partial charge >= 0.3 is 5.97 Å². The largest absolute Gasteiger partial charge is 0.481 e. The number of aryl methyl sites for hydroxylation is 2. The number of carboxylic acids is 1. The molecule has 3 aromatic rings. The number of nitrogens with zero attached hydrogens (tertiary/aromatic N) is 2. The number of aliphatic carboxylic acids is 1. The van der Waals surface area contributed by atoms with Crippen LogP contribution in [0.1, 0.15) is 62.6 Å². The monoisotopic (exact) mass is 568 g/mol. The van der Waals surface area contributed by atoms with Crippen molar-refractivity contribution in [1.29, 1.82) is 0 Å². The lowest BCUT2D eigenvalue weighted by molar-refractivity contribution is -0.141. The summed E-state index contributed by atoms with van der Waals surface area (Å²) in [5.41, 5.74) is 4.83. The number of ether oxygens (including phenoxy) is 2.